The fourth-order valence-corrected chi connectivity index (χ4v) is 4.07. The molecule has 3 aromatic carbocycles. The fraction of sp³-hybridized carbons (Fsp3) is 0.207. The van der Waals surface area contributed by atoms with Crippen LogP contribution in [0.2, 0.25) is 5.02 Å². The number of ether oxygens (including phenoxy) is 1. The molecule has 4 aromatic rings. The number of methoxy groups -OCH3 is 1. The topological polar surface area (TPSA) is 76.5 Å². The second-order valence-electron chi connectivity index (χ2n) is 9.16. The third-order valence-electron chi connectivity index (χ3n) is 5.75. The zero-order chi connectivity index (χ0) is 27.2. The van der Waals surface area contributed by atoms with E-state index in [1.54, 1.807) is 66.4 Å². The van der Waals surface area contributed by atoms with Crippen molar-refractivity contribution in [3.05, 3.63) is 95.4 Å². The maximum Gasteiger partial charge on any atom is 0.254 e. The van der Waals surface area contributed by atoms with Crippen LogP contribution in [0.5, 0.6) is 5.75 Å². The van der Waals surface area contributed by atoms with Crippen LogP contribution in [0.1, 0.15) is 24.2 Å². The summed E-state index contributed by atoms with van der Waals surface area (Å²) in [4.78, 5) is 32.5. The molecule has 4 rings (SSSR count). The number of hydrogen-bond donors (Lipinski definition) is 1. The number of nitrogens with one attached hydrogen (secondary N) is 1. The fourth-order valence-electron chi connectivity index (χ4n) is 3.94. The largest absolute Gasteiger partial charge is 0.497 e. The number of aromatic nitrogens is 2. The molecule has 0 atom stereocenters. The van der Waals surface area contributed by atoms with E-state index in [9.17, 15) is 14.0 Å². The molecule has 0 aliphatic rings. The minimum Gasteiger partial charge on any atom is -0.497 e. The van der Waals surface area contributed by atoms with Crippen molar-refractivity contribution in [3.8, 4) is 22.7 Å². The molecule has 1 aromatic heterocycles. The van der Waals surface area contributed by atoms with Gasteiger partial charge in [0.05, 0.1) is 12.8 Å². The standard InChI is InChI=1S/C29H28ClFN4O3/c1-19(2)16-34(28(37)21-4-8-22(30)9-5-21)18-27(36)33-29-32-26(20-6-10-23(31)11-7-20)17-35(29)24-12-14-25(38-3)15-13-24/h4-15,17,19H,16,18H2,1-3H3,(H,32,33,36). The SMILES string of the molecule is COc1ccc(-n2cc(-c3ccc(F)cc3)nc2NC(=O)CN(CC(C)C)C(=O)c2ccc(Cl)cc2)cc1. The van der Waals surface area contributed by atoms with Crippen LogP contribution in [0.15, 0.2) is 79.0 Å². The van der Waals surface area contributed by atoms with Gasteiger partial charge in [-0.1, -0.05) is 25.4 Å². The second kappa shape index (κ2) is 11.9. The lowest BCUT2D eigenvalue weighted by atomic mass is 10.1. The molecular formula is C29H28ClFN4O3. The van der Waals surface area contributed by atoms with Gasteiger partial charge in [0, 0.05) is 34.6 Å². The minimum absolute atomic E-state index is 0.144. The summed E-state index contributed by atoms with van der Waals surface area (Å²) < 4.78 is 20.5. The molecule has 196 valence electrons. The van der Waals surface area contributed by atoms with E-state index in [0.717, 1.165) is 5.69 Å². The summed E-state index contributed by atoms with van der Waals surface area (Å²) in [5, 5.41) is 3.38. The maximum absolute atomic E-state index is 13.5. The van der Waals surface area contributed by atoms with Gasteiger partial charge in [0.1, 0.15) is 18.1 Å². The number of benzene rings is 3. The Morgan fingerprint density at radius 3 is 2.29 bits per heavy atom. The highest BCUT2D eigenvalue weighted by molar-refractivity contribution is 6.30. The Hall–Kier alpha value is -4.17. The number of amides is 2. The van der Waals surface area contributed by atoms with Gasteiger partial charge in [-0.15, -0.1) is 0 Å². The molecule has 0 aliphatic carbocycles. The summed E-state index contributed by atoms with van der Waals surface area (Å²) in [6.45, 7) is 4.18. The summed E-state index contributed by atoms with van der Waals surface area (Å²) >= 11 is 5.97. The Labute approximate surface area is 225 Å². The van der Waals surface area contributed by atoms with Crippen molar-refractivity contribution in [2.45, 2.75) is 13.8 Å². The molecular weight excluding hydrogens is 507 g/mol. The third-order valence-corrected chi connectivity index (χ3v) is 6.00. The summed E-state index contributed by atoms with van der Waals surface area (Å²) in [6.07, 6.45) is 1.76. The van der Waals surface area contributed by atoms with Crippen LogP contribution >= 0.6 is 11.6 Å². The van der Waals surface area contributed by atoms with Crippen LogP contribution in [-0.4, -0.2) is 46.5 Å². The molecule has 0 spiro atoms. The molecule has 0 radical (unpaired) electrons. The lowest BCUT2D eigenvalue weighted by Crippen LogP contribution is -2.40. The number of anilines is 1. The Bertz CT molecular complexity index is 1400. The number of carbonyl (C=O) groups excluding carboxylic acids is 2. The number of carbonyl (C=O) groups is 2. The smallest absolute Gasteiger partial charge is 0.254 e. The predicted octanol–water partition coefficient (Wildman–Crippen LogP) is 6.08. The third kappa shape index (κ3) is 6.58. The van der Waals surface area contributed by atoms with E-state index in [2.05, 4.69) is 10.3 Å². The van der Waals surface area contributed by atoms with Gasteiger partial charge in [0.15, 0.2) is 0 Å². The molecule has 0 aliphatic heterocycles. The predicted molar refractivity (Wildman–Crippen MR) is 146 cm³/mol. The zero-order valence-electron chi connectivity index (χ0n) is 21.3. The number of halogens is 2. The lowest BCUT2D eigenvalue weighted by molar-refractivity contribution is -0.117. The van der Waals surface area contributed by atoms with Crippen LogP contribution in [0.3, 0.4) is 0 Å². The number of imidazole rings is 1. The first-order valence-corrected chi connectivity index (χ1v) is 12.5. The molecule has 1 heterocycles. The van der Waals surface area contributed by atoms with E-state index in [4.69, 9.17) is 16.3 Å². The number of hydrogen-bond acceptors (Lipinski definition) is 4. The van der Waals surface area contributed by atoms with Crippen LogP contribution in [0.4, 0.5) is 10.3 Å². The molecule has 7 nitrogen and oxygen atoms in total. The van der Waals surface area contributed by atoms with Gasteiger partial charge >= 0.3 is 0 Å². The molecule has 0 fully saturated rings. The summed E-state index contributed by atoms with van der Waals surface area (Å²) in [7, 11) is 1.58. The van der Waals surface area contributed by atoms with Crippen molar-refractivity contribution < 1.29 is 18.7 Å². The summed E-state index contributed by atoms with van der Waals surface area (Å²) in [5.41, 5.74) is 2.42. The Kier molecular flexibility index (Phi) is 8.43. The van der Waals surface area contributed by atoms with E-state index < -0.39 is 5.91 Å². The van der Waals surface area contributed by atoms with Crippen LogP contribution in [0.25, 0.3) is 16.9 Å². The van der Waals surface area contributed by atoms with Crippen LogP contribution in [0, 0.1) is 11.7 Å². The van der Waals surface area contributed by atoms with Gasteiger partial charge in [-0.3, -0.25) is 19.5 Å². The van der Waals surface area contributed by atoms with Crippen LogP contribution < -0.4 is 10.1 Å². The minimum atomic E-state index is -0.404. The number of rotatable bonds is 9. The van der Waals surface area contributed by atoms with Crippen molar-refractivity contribution in [1.29, 1.82) is 0 Å². The molecule has 0 bridgehead atoms. The average molecular weight is 535 g/mol. The van der Waals surface area contributed by atoms with Gasteiger partial charge in [0.25, 0.3) is 5.91 Å². The van der Waals surface area contributed by atoms with Crippen molar-refractivity contribution in [3.63, 3.8) is 0 Å². The molecule has 1 N–H and O–H groups in total. The number of nitrogens with zero attached hydrogens (tertiary/aromatic N) is 3. The van der Waals surface area contributed by atoms with Crippen molar-refractivity contribution >= 4 is 29.4 Å². The van der Waals surface area contributed by atoms with Crippen LogP contribution in [-0.2, 0) is 4.79 Å². The van der Waals surface area contributed by atoms with Gasteiger partial charge in [-0.2, -0.15) is 0 Å². The van der Waals surface area contributed by atoms with Crippen molar-refractivity contribution in [1.82, 2.24) is 14.5 Å². The van der Waals surface area contributed by atoms with E-state index >= 15 is 0 Å². The van der Waals surface area contributed by atoms with E-state index in [1.165, 1.54) is 17.0 Å². The molecule has 2 amide bonds. The molecule has 0 saturated heterocycles. The molecule has 9 heteroatoms. The quantitative estimate of drug-likeness (QED) is 0.282. The normalized spacial score (nSPS) is 10.9. The van der Waals surface area contributed by atoms with Crippen molar-refractivity contribution in [2.24, 2.45) is 5.92 Å². The molecule has 38 heavy (non-hydrogen) atoms. The monoisotopic (exact) mass is 534 g/mol. The highest BCUT2D eigenvalue weighted by Gasteiger charge is 2.22. The van der Waals surface area contributed by atoms with E-state index in [-0.39, 0.29) is 30.1 Å². The first-order chi connectivity index (χ1) is 18.2. The first kappa shape index (κ1) is 26.9. The highest BCUT2D eigenvalue weighted by atomic mass is 35.5. The maximum atomic E-state index is 13.5. The first-order valence-electron chi connectivity index (χ1n) is 12.1. The second-order valence-corrected chi connectivity index (χ2v) is 9.60. The summed E-state index contributed by atoms with van der Waals surface area (Å²) in [5.74, 6) is 0.0686. The lowest BCUT2D eigenvalue weighted by Gasteiger charge is -2.24. The highest BCUT2D eigenvalue weighted by Crippen LogP contribution is 2.26. The molecule has 0 saturated carbocycles. The van der Waals surface area contributed by atoms with Crippen molar-refractivity contribution in [2.75, 3.05) is 25.5 Å². The van der Waals surface area contributed by atoms with E-state index in [0.29, 0.717) is 34.1 Å². The Morgan fingerprint density at radius 2 is 1.68 bits per heavy atom. The molecule has 0 unspecified atom stereocenters. The zero-order valence-corrected chi connectivity index (χ0v) is 22.1. The summed E-state index contributed by atoms with van der Waals surface area (Å²) in [6, 6.07) is 19.8. The average Bonchev–Trinajstić information content (AvgIpc) is 3.32. The van der Waals surface area contributed by atoms with Gasteiger partial charge in [-0.25, -0.2) is 9.37 Å². The van der Waals surface area contributed by atoms with Gasteiger partial charge in [-0.05, 0) is 78.7 Å². The van der Waals surface area contributed by atoms with E-state index in [1.807, 2.05) is 26.0 Å². The Balaban J connectivity index is 1.62. The van der Waals surface area contributed by atoms with Gasteiger partial charge in [0.2, 0.25) is 11.9 Å². The van der Waals surface area contributed by atoms with Gasteiger partial charge < -0.3 is 9.64 Å². The Morgan fingerprint density at radius 1 is 1.03 bits per heavy atom.